The van der Waals surface area contributed by atoms with Crippen molar-refractivity contribution in [3.05, 3.63) is 50.3 Å². The number of primary amides is 1. The first kappa shape index (κ1) is 18.2. The molecular formula is C16H15BrN2O4S. The molecule has 24 heavy (non-hydrogen) atoms. The van der Waals surface area contributed by atoms with Gasteiger partial charge in [0.1, 0.15) is 9.88 Å². The molecule has 0 bridgehead atoms. The van der Waals surface area contributed by atoms with Crippen molar-refractivity contribution in [1.29, 1.82) is 0 Å². The summed E-state index contributed by atoms with van der Waals surface area (Å²) in [6.07, 6.45) is 0. The zero-order chi connectivity index (χ0) is 17.9. The third-order valence-electron chi connectivity index (χ3n) is 3.19. The van der Waals surface area contributed by atoms with E-state index in [0.29, 0.717) is 11.1 Å². The molecule has 0 aliphatic rings. The summed E-state index contributed by atoms with van der Waals surface area (Å²) in [6.45, 7) is 3.49. The number of thiophene rings is 1. The Hall–Kier alpha value is -2.19. The summed E-state index contributed by atoms with van der Waals surface area (Å²) >= 11 is 4.27. The molecule has 0 aliphatic carbocycles. The lowest BCUT2D eigenvalue weighted by molar-refractivity contribution is 0.0531. The molecule has 2 aromatic rings. The maximum atomic E-state index is 12.3. The normalized spacial score (nSPS) is 10.3. The van der Waals surface area contributed by atoms with E-state index in [0.717, 1.165) is 15.8 Å². The lowest BCUT2D eigenvalue weighted by atomic mass is 10.1. The fourth-order valence-electron chi connectivity index (χ4n) is 2.07. The van der Waals surface area contributed by atoms with Crippen molar-refractivity contribution >= 4 is 50.1 Å². The number of nitrogens with one attached hydrogen (secondary N) is 1. The van der Waals surface area contributed by atoms with Crippen molar-refractivity contribution in [3.63, 3.8) is 0 Å². The van der Waals surface area contributed by atoms with E-state index in [2.05, 4.69) is 21.2 Å². The van der Waals surface area contributed by atoms with Crippen LogP contribution in [-0.4, -0.2) is 24.4 Å². The van der Waals surface area contributed by atoms with Gasteiger partial charge in [-0.2, -0.15) is 0 Å². The van der Waals surface area contributed by atoms with E-state index in [1.54, 1.807) is 38.1 Å². The minimum absolute atomic E-state index is 0.119. The maximum absolute atomic E-state index is 12.3. The van der Waals surface area contributed by atoms with E-state index in [-0.39, 0.29) is 22.0 Å². The van der Waals surface area contributed by atoms with E-state index >= 15 is 0 Å². The zero-order valence-electron chi connectivity index (χ0n) is 13.0. The number of carbonyl (C=O) groups excluding carboxylic acids is 3. The van der Waals surface area contributed by atoms with Crippen LogP contribution in [-0.2, 0) is 4.74 Å². The second kappa shape index (κ2) is 7.59. The van der Waals surface area contributed by atoms with Gasteiger partial charge >= 0.3 is 5.97 Å². The molecule has 8 heteroatoms. The summed E-state index contributed by atoms with van der Waals surface area (Å²) in [4.78, 5) is 36.3. The van der Waals surface area contributed by atoms with Gasteiger partial charge < -0.3 is 15.8 Å². The minimum Gasteiger partial charge on any atom is -0.462 e. The number of hydrogen-bond donors (Lipinski definition) is 2. The Morgan fingerprint density at radius 1 is 1.25 bits per heavy atom. The van der Waals surface area contributed by atoms with Crippen LogP contribution in [0, 0.1) is 6.92 Å². The number of carbonyl (C=O) groups is 3. The number of amides is 2. The second-order valence-corrected chi connectivity index (χ2v) is 6.74. The monoisotopic (exact) mass is 410 g/mol. The highest BCUT2D eigenvalue weighted by Gasteiger charge is 2.25. The average molecular weight is 411 g/mol. The number of anilines is 1. The van der Waals surface area contributed by atoms with E-state index in [1.165, 1.54) is 0 Å². The Bertz CT molecular complexity index is 799. The van der Waals surface area contributed by atoms with Crippen molar-refractivity contribution in [2.75, 3.05) is 11.9 Å². The van der Waals surface area contributed by atoms with Gasteiger partial charge in [-0.05, 0) is 43.7 Å². The van der Waals surface area contributed by atoms with Crippen molar-refractivity contribution in [2.24, 2.45) is 5.73 Å². The van der Waals surface area contributed by atoms with Gasteiger partial charge in [0, 0.05) is 10.0 Å². The Labute approximate surface area is 151 Å². The van der Waals surface area contributed by atoms with E-state index in [4.69, 9.17) is 10.5 Å². The highest BCUT2D eigenvalue weighted by Crippen LogP contribution is 2.33. The smallest absolute Gasteiger partial charge is 0.348 e. The number of ether oxygens (including phenoxy) is 1. The van der Waals surface area contributed by atoms with Gasteiger partial charge in [0.2, 0.25) is 0 Å². The average Bonchev–Trinajstić information content (AvgIpc) is 2.84. The third-order valence-corrected chi connectivity index (χ3v) is 4.90. The van der Waals surface area contributed by atoms with E-state index in [9.17, 15) is 14.4 Å². The van der Waals surface area contributed by atoms with E-state index < -0.39 is 17.8 Å². The molecule has 0 fully saturated rings. The molecule has 0 unspecified atom stereocenters. The van der Waals surface area contributed by atoms with Crippen molar-refractivity contribution < 1.29 is 19.1 Å². The first-order valence-electron chi connectivity index (χ1n) is 7.02. The summed E-state index contributed by atoms with van der Waals surface area (Å²) in [6, 6.07) is 6.73. The fraction of sp³-hybridized carbons (Fsp3) is 0.188. The number of hydrogen-bond acceptors (Lipinski definition) is 5. The Kier molecular flexibility index (Phi) is 5.74. The fourth-order valence-corrected chi connectivity index (χ4v) is 3.43. The summed E-state index contributed by atoms with van der Waals surface area (Å²) in [7, 11) is 0. The second-order valence-electron chi connectivity index (χ2n) is 4.81. The number of benzene rings is 1. The maximum Gasteiger partial charge on any atom is 0.348 e. The van der Waals surface area contributed by atoms with Gasteiger partial charge in [-0.3, -0.25) is 9.59 Å². The van der Waals surface area contributed by atoms with Gasteiger partial charge in [-0.15, -0.1) is 11.3 Å². The van der Waals surface area contributed by atoms with Gasteiger partial charge in [0.25, 0.3) is 11.8 Å². The Balaban J connectivity index is 2.36. The summed E-state index contributed by atoms with van der Waals surface area (Å²) in [5.41, 5.74) is 6.33. The first-order valence-corrected chi connectivity index (χ1v) is 8.63. The number of esters is 1. The third kappa shape index (κ3) is 3.82. The molecule has 0 saturated carbocycles. The van der Waals surface area contributed by atoms with Crippen molar-refractivity contribution in [2.45, 2.75) is 13.8 Å². The largest absolute Gasteiger partial charge is 0.462 e. The molecule has 0 aliphatic heterocycles. The predicted octanol–water partition coefficient (Wildman–Crippen LogP) is 3.35. The van der Waals surface area contributed by atoms with Gasteiger partial charge in [-0.1, -0.05) is 15.9 Å². The molecule has 0 saturated heterocycles. The van der Waals surface area contributed by atoms with Crippen LogP contribution < -0.4 is 11.1 Å². The number of nitrogens with two attached hydrogens (primary N) is 1. The predicted molar refractivity (Wildman–Crippen MR) is 95.6 cm³/mol. The highest BCUT2D eigenvalue weighted by atomic mass is 79.9. The number of rotatable bonds is 5. The molecule has 1 aromatic carbocycles. The van der Waals surface area contributed by atoms with Crippen LogP contribution in [0.15, 0.2) is 28.7 Å². The van der Waals surface area contributed by atoms with Crippen LogP contribution in [0.2, 0.25) is 0 Å². The molecule has 2 rings (SSSR count). The first-order chi connectivity index (χ1) is 11.3. The lowest BCUT2D eigenvalue weighted by Crippen LogP contribution is -2.17. The highest BCUT2D eigenvalue weighted by molar-refractivity contribution is 9.10. The molecule has 0 atom stereocenters. The Morgan fingerprint density at radius 3 is 2.42 bits per heavy atom. The zero-order valence-corrected chi connectivity index (χ0v) is 15.4. The van der Waals surface area contributed by atoms with Crippen LogP contribution in [0.1, 0.15) is 42.9 Å². The molecule has 0 spiro atoms. The lowest BCUT2D eigenvalue weighted by Gasteiger charge is -2.05. The molecule has 1 heterocycles. The quantitative estimate of drug-likeness (QED) is 0.738. The van der Waals surface area contributed by atoms with Crippen molar-refractivity contribution in [1.82, 2.24) is 0 Å². The molecule has 1 aromatic heterocycles. The molecule has 2 amide bonds. The molecule has 6 nitrogen and oxygen atoms in total. The van der Waals surface area contributed by atoms with Crippen molar-refractivity contribution in [3.8, 4) is 0 Å². The molecular weight excluding hydrogens is 396 g/mol. The van der Waals surface area contributed by atoms with Gasteiger partial charge in [-0.25, -0.2) is 4.79 Å². The topological polar surface area (TPSA) is 98.5 Å². The van der Waals surface area contributed by atoms with Crippen LogP contribution in [0.5, 0.6) is 0 Å². The van der Waals surface area contributed by atoms with Gasteiger partial charge in [0.05, 0.1) is 12.2 Å². The number of halogens is 1. The molecule has 0 radical (unpaired) electrons. The van der Waals surface area contributed by atoms with Gasteiger partial charge in [0.15, 0.2) is 0 Å². The molecule has 3 N–H and O–H groups in total. The minimum atomic E-state index is -0.717. The standard InChI is InChI=1S/C16H15BrN2O4S/c1-3-23-16(22)12-8(2)11(13(18)20)15(24-12)19-14(21)9-4-6-10(17)7-5-9/h4-7H,3H2,1-2H3,(H2,18,20)(H,19,21). The van der Waals surface area contributed by atoms with Crippen LogP contribution in [0.4, 0.5) is 5.00 Å². The summed E-state index contributed by atoms with van der Waals surface area (Å²) < 4.78 is 5.80. The summed E-state index contributed by atoms with van der Waals surface area (Å²) in [5.74, 6) is -1.67. The Morgan fingerprint density at radius 2 is 1.88 bits per heavy atom. The van der Waals surface area contributed by atoms with E-state index in [1.807, 2.05) is 0 Å². The van der Waals surface area contributed by atoms with Crippen LogP contribution in [0.25, 0.3) is 0 Å². The summed E-state index contributed by atoms with van der Waals surface area (Å²) in [5, 5.41) is 2.87. The SMILES string of the molecule is CCOC(=O)c1sc(NC(=O)c2ccc(Br)cc2)c(C(N)=O)c1C. The van der Waals surface area contributed by atoms with Crippen LogP contribution >= 0.6 is 27.3 Å². The van der Waals surface area contributed by atoms with Crippen LogP contribution in [0.3, 0.4) is 0 Å². The molecule has 126 valence electrons.